The lowest BCUT2D eigenvalue weighted by atomic mass is 9.97. The van der Waals surface area contributed by atoms with Gasteiger partial charge in [0.2, 0.25) is 5.89 Å². The van der Waals surface area contributed by atoms with Gasteiger partial charge in [-0.15, -0.1) is 0 Å². The summed E-state index contributed by atoms with van der Waals surface area (Å²) in [6.45, 7) is 5.26. The summed E-state index contributed by atoms with van der Waals surface area (Å²) in [5.74, 6) is 1.52. The third-order valence-corrected chi connectivity index (χ3v) is 3.90. The predicted octanol–water partition coefficient (Wildman–Crippen LogP) is 2.71. The van der Waals surface area contributed by atoms with Gasteiger partial charge >= 0.3 is 0 Å². The van der Waals surface area contributed by atoms with Crippen molar-refractivity contribution in [1.29, 1.82) is 0 Å². The van der Waals surface area contributed by atoms with Crippen LogP contribution < -0.4 is 0 Å². The minimum absolute atomic E-state index is 0.0796. The summed E-state index contributed by atoms with van der Waals surface area (Å²) in [4.78, 5) is 18.7. The lowest BCUT2D eigenvalue weighted by Gasteiger charge is -2.31. The second kappa shape index (κ2) is 5.68. The number of carbonyl (C=O) groups is 1. The summed E-state index contributed by atoms with van der Waals surface area (Å²) < 4.78 is 5.25. The van der Waals surface area contributed by atoms with E-state index in [4.69, 9.17) is 4.52 Å². The first-order valence-corrected chi connectivity index (χ1v) is 7.29. The van der Waals surface area contributed by atoms with E-state index in [1.54, 1.807) is 0 Å². The summed E-state index contributed by atoms with van der Waals surface area (Å²) in [5, 5.41) is 3.84. The number of likely N-dealkylation sites (tertiary alicyclic amines) is 1. The van der Waals surface area contributed by atoms with Crippen LogP contribution in [0, 0.1) is 13.8 Å². The topological polar surface area (TPSA) is 59.2 Å². The number of nitrogens with zero attached hydrogens (tertiary/aromatic N) is 3. The van der Waals surface area contributed by atoms with Crippen LogP contribution in [0.2, 0.25) is 0 Å². The summed E-state index contributed by atoms with van der Waals surface area (Å²) in [7, 11) is 0. The van der Waals surface area contributed by atoms with E-state index < -0.39 is 0 Å². The number of carbonyl (C=O) groups excluding carboxylic acids is 1. The Labute approximate surface area is 124 Å². The summed E-state index contributed by atoms with van der Waals surface area (Å²) in [6.07, 6.45) is 1.95. The van der Waals surface area contributed by atoms with E-state index in [0.29, 0.717) is 18.3 Å². The molecule has 1 aromatic heterocycles. The molecule has 1 aromatic carbocycles. The third kappa shape index (κ3) is 2.96. The van der Waals surface area contributed by atoms with Gasteiger partial charge in [0.05, 0.1) is 5.92 Å². The van der Waals surface area contributed by atoms with Crippen LogP contribution in [0.15, 0.2) is 28.8 Å². The van der Waals surface area contributed by atoms with E-state index in [1.165, 1.54) is 0 Å². The molecule has 5 heteroatoms. The Morgan fingerprint density at radius 1 is 1.29 bits per heavy atom. The lowest BCUT2D eigenvalue weighted by molar-refractivity contribution is 0.0695. The first-order valence-electron chi connectivity index (χ1n) is 7.29. The van der Waals surface area contributed by atoms with Crippen molar-refractivity contribution in [2.75, 3.05) is 13.1 Å². The predicted molar refractivity (Wildman–Crippen MR) is 78.1 cm³/mol. The molecule has 0 aliphatic carbocycles. The molecule has 21 heavy (non-hydrogen) atoms. The molecule has 0 radical (unpaired) electrons. The molecule has 1 aliphatic rings. The Balaban J connectivity index is 1.73. The first kappa shape index (κ1) is 13.8. The zero-order chi connectivity index (χ0) is 14.8. The van der Waals surface area contributed by atoms with Crippen molar-refractivity contribution in [2.45, 2.75) is 32.6 Å². The van der Waals surface area contributed by atoms with E-state index in [9.17, 15) is 4.79 Å². The summed E-state index contributed by atoms with van der Waals surface area (Å²) >= 11 is 0. The monoisotopic (exact) mass is 285 g/mol. The van der Waals surface area contributed by atoms with Crippen molar-refractivity contribution < 1.29 is 9.32 Å². The molecule has 0 saturated carbocycles. The third-order valence-electron chi connectivity index (χ3n) is 3.90. The maximum atomic E-state index is 12.6. The van der Waals surface area contributed by atoms with Crippen molar-refractivity contribution >= 4 is 5.91 Å². The quantitative estimate of drug-likeness (QED) is 0.851. The highest BCUT2D eigenvalue weighted by molar-refractivity contribution is 5.94. The Hall–Kier alpha value is -2.17. The molecule has 2 heterocycles. The van der Waals surface area contributed by atoms with Gasteiger partial charge < -0.3 is 9.42 Å². The minimum atomic E-state index is 0.0796. The molecular weight excluding hydrogens is 266 g/mol. The van der Waals surface area contributed by atoms with E-state index >= 15 is 0 Å². The maximum absolute atomic E-state index is 12.6. The Morgan fingerprint density at radius 3 is 2.71 bits per heavy atom. The molecule has 3 rings (SSSR count). The molecule has 5 nitrogen and oxygen atoms in total. The number of amides is 1. The van der Waals surface area contributed by atoms with Gasteiger partial charge in [0, 0.05) is 18.7 Å². The van der Waals surface area contributed by atoms with Crippen LogP contribution in [-0.4, -0.2) is 34.0 Å². The van der Waals surface area contributed by atoms with E-state index in [2.05, 4.69) is 10.1 Å². The van der Waals surface area contributed by atoms with Gasteiger partial charge in [0.15, 0.2) is 5.82 Å². The van der Waals surface area contributed by atoms with Gasteiger partial charge in [-0.3, -0.25) is 4.79 Å². The Bertz CT molecular complexity index is 633. The molecule has 1 atom stereocenters. The van der Waals surface area contributed by atoms with Gasteiger partial charge in [-0.2, -0.15) is 4.98 Å². The van der Waals surface area contributed by atoms with Crippen molar-refractivity contribution in [3.05, 3.63) is 47.1 Å². The number of hydrogen-bond donors (Lipinski definition) is 0. The van der Waals surface area contributed by atoms with Gasteiger partial charge in [-0.25, -0.2) is 0 Å². The highest BCUT2D eigenvalue weighted by Crippen LogP contribution is 2.26. The van der Waals surface area contributed by atoms with E-state index in [-0.39, 0.29) is 11.8 Å². The number of piperidine rings is 1. The molecular formula is C16H19N3O2. The fraction of sp³-hybridized carbons (Fsp3) is 0.438. The van der Waals surface area contributed by atoms with Gasteiger partial charge in [-0.1, -0.05) is 22.9 Å². The number of aromatic nitrogens is 2. The van der Waals surface area contributed by atoms with E-state index in [1.807, 2.05) is 43.0 Å². The van der Waals surface area contributed by atoms with Gasteiger partial charge in [0.1, 0.15) is 0 Å². The summed E-state index contributed by atoms with van der Waals surface area (Å²) in [6, 6.07) is 7.71. The number of aryl methyl sites for hydroxylation is 2. The standard InChI is InChI=1S/C16H19N3O2/c1-11-5-7-13(8-6-11)16(20)19-9-3-4-14(10-19)15-17-12(2)18-21-15/h5-8,14H,3-4,9-10H2,1-2H3. The lowest BCUT2D eigenvalue weighted by Crippen LogP contribution is -2.39. The number of benzene rings is 1. The van der Waals surface area contributed by atoms with Crippen molar-refractivity contribution in [3.63, 3.8) is 0 Å². The molecule has 1 saturated heterocycles. The van der Waals surface area contributed by atoms with Crippen LogP contribution in [0.3, 0.4) is 0 Å². The zero-order valence-corrected chi connectivity index (χ0v) is 12.4. The van der Waals surface area contributed by atoms with Crippen molar-refractivity contribution in [3.8, 4) is 0 Å². The molecule has 1 aliphatic heterocycles. The van der Waals surface area contributed by atoms with Gasteiger partial charge in [-0.05, 0) is 38.8 Å². The summed E-state index contributed by atoms with van der Waals surface area (Å²) in [5.41, 5.74) is 1.90. The first-order chi connectivity index (χ1) is 10.1. The second-order valence-corrected chi connectivity index (χ2v) is 5.64. The molecule has 0 bridgehead atoms. The second-order valence-electron chi connectivity index (χ2n) is 5.64. The molecule has 0 spiro atoms. The average molecular weight is 285 g/mol. The molecule has 1 amide bonds. The number of rotatable bonds is 2. The SMILES string of the molecule is Cc1ccc(C(=O)N2CCCC(c3nc(C)no3)C2)cc1. The van der Waals surface area contributed by atoms with Crippen LogP contribution >= 0.6 is 0 Å². The van der Waals surface area contributed by atoms with E-state index in [0.717, 1.165) is 30.5 Å². The Morgan fingerprint density at radius 2 is 2.05 bits per heavy atom. The Kier molecular flexibility index (Phi) is 3.73. The highest BCUT2D eigenvalue weighted by Gasteiger charge is 2.28. The number of hydrogen-bond acceptors (Lipinski definition) is 4. The van der Waals surface area contributed by atoms with Gasteiger partial charge in [0.25, 0.3) is 5.91 Å². The molecule has 1 fully saturated rings. The van der Waals surface area contributed by atoms with Crippen molar-refractivity contribution in [1.82, 2.24) is 15.0 Å². The highest BCUT2D eigenvalue weighted by atomic mass is 16.5. The smallest absolute Gasteiger partial charge is 0.253 e. The molecule has 0 N–H and O–H groups in total. The molecule has 1 unspecified atom stereocenters. The maximum Gasteiger partial charge on any atom is 0.253 e. The van der Waals surface area contributed by atoms with Crippen LogP contribution in [-0.2, 0) is 0 Å². The van der Waals surface area contributed by atoms with Crippen molar-refractivity contribution in [2.24, 2.45) is 0 Å². The molecule has 2 aromatic rings. The fourth-order valence-electron chi connectivity index (χ4n) is 2.72. The van der Waals surface area contributed by atoms with Crippen LogP contribution in [0.1, 0.15) is 46.4 Å². The van der Waals surface area contributed by atoms with Crippen LogP contribution in [0.4, 0.5) is 0 Å². The fourth-order valence-corrected chi connectivity index (χ4v) is 2.72. The van der Waals surface area contributed by atoms with Crippen LogP contribution in [0.25, 0.3) is 0 Å². The zero-order valence-electron chi connectivity index (χ0n) is 12.4. The average Bonchev–Trinajstić information content (AvgIpc) is 2.94. The van der Waals surface area contributed by atoms with Crippen LogP contribution in [0.5, 0.6) is 0 Å². The largest absolute Gasteiger partial charge is 0.339 e. The minimum Gasteiger partial charge on any atom is -0.339 e. The molecule has 110 valence electrons. The normalized spacial score (nSPS) is 18.8.